The smallest absolute Gasteiger partial charge is 0.127 e. The van der Waals surface area contributed by atoms with Gasteiger partial charge in [0.05, 0.1) is 12.3 Å². The molecule has 1 aromatic rings. The van der Waals surface area contributed by atoms with Crippen LogP contribution < -0.4 is 5.73 Å². The molecule has 1 aromatic heterocycles. The summed E-state index contributed by atoms with van der Waals surface area (Å²) in [6.45, 7) is 15.7. The summed E-state index contributed by atoms with van der Waals surface area (Å²) < 4.78 is 7.39. The molecule has 110 valence electrons. The van der Waals surface area contributed by atoms with Crippen LogP contribution in [0.25, 0.3) is 0 Å². The normalized spacial score (nSPS) is 14.7. The monoisotopic (exact) mass is 267 g/mol. The Bertz CT molecular complexity index is 435. The Kier molecular flexibility index (Phi) is 4.35. The van der Waals surface area contributed by atoms with Crippen molar-refractivity contribution in [2.24, 2.45) is 0 Å². The maximum absolute atomic E-state index is 6.36. The van der Waals surface area contributed by atoms with Crippen LogP contribution in [0.3, 0.4) is 0 Å². The number of anilines is 1. The average molecular weight is 267 g/mol. The van der Waals surface area contributed by atoms with Crippen molar-refractivity contribution in [2.75, 3.05) is 19.5 Å². The van der Waals surface area contributed by atoms with Gasteiger partial charge in [0.1, 0.15) is 11.6 Å². The summed E-state index contributed by atoms with van der Waals surface area (Å²) in [4.78, 5) is 4.82. The second-order valence-electron chi connectivity index (χ2n) is 7.32. The zero-order chi connectivity index (χ0) is 15.0. The maximum Gasteiger partial charge on any atom is 0.127 e. The van der Waals surface area contributed by atoms with E-state index in [1.165, 1.54) is 0 Å². The largest absolute Gasteiger partial charge is 0.384 e. The summed E-state index contributed by atoms with van der Waals surface area (Å²) in [5, 5.41) is 0. The van der Waals surface area contributed by atoms with Crippen LogP contribution in [0, 0.1) is 0 Å². The molecule has 2 N–H and O–H groups in total. The van der Waals surface area contributed by atoms with Crippen LogP contribution in [0.15, 0.2) is 0 Å². The number of hydrogen-bond donors (Lipinski definition) is 1. The molecule has 4 heteroatoms. The molecule has 1 atom stereocenters. The van der Waals surface area contributed by atoms with Gasteiger partial charge in [-0.1, -0.05) is 27.7 Å². The predicted molar refractivity (Wildman–Crippen MR) is 80.6 cm³/mol. The fourth-order valence-electron chi connectivity index (χ4n) is 2.32. The van der Waals surface area contributed by atoms with Gasteiger partial charge in [-0.25, -0.2) is 4.98 Å². The Morgan fingerprint density at radius 2 is 1.74 bits per heavy atom. The molecule has 0 fully saturated rings. The number of methoxy groups -OCH3 is 1. The van der Waals surface area contributed by atoms with Gasteiger partial charge in [0, 0.05) is 24.0 Å². The maximum atomic E-state index is 6.36. The van der Waals surface area contributed by atoms with Crippen LogP contribution in [0.5, 0.6) is 0 Å². The van der Waals surface area contributed by atoms with E-state index in [1.807, 2.05) is 0 Å². The Labute approximate surface area is 117 Å². The lowest BCUT2D eigenvalue weighted by Gasteiger charge is -2.29. The van der Waals surface area contributed by atoms with E-state index < -0.39 is 0 Å². The molecule has 0 aliphatic rings. The number of ether oxygens (including phenoxy) is 1. The van der Waals surface area contributed by atoms with E-state index in [2.05, 4.69) is 53.0 Å². The Morgan fingerprint density at radius 3 is 2.05 bits per heavy atom. The number of rotatable bonds is 3. The number of imidazole rings is 1. The molecule has 0 saturated heterocycles. The molecule has 0 spiro atoms. The zero-order valence-corrected chi connectivity index (χ0v) is 13.7. The fourth-order valence-corrected chi connectivity index (χ4v) is 2.32. The predicted octanol–water partition coefficient (Wildman–Crippen LogP) is 3.27. The minimum Gasteiger partial charge on any atom is -0.384 e. The van der Waals surface area contributed by atoms with Gasteiger partial charge in [0.2, 0.25) is 0 Å². The molecule has 1 heterocycles. The van der Waals surface area contributed by atoms with Gasteiger partial charge in [-0.2, -0.15) is 0 Å². The van der Waals surface area contributed by atoms with Crippen LogP contribution in [0.1, 0.15) is 65.9 Å². The number of aromatic nitrogens is 2. The van der Waals surface area contributed by atoms with E-state index in [0.29, 0.717) is 6.61 Å². The topological polar surface area (TPSA) is 53.1 Å². The van der Waals surface area contributed by atoms with Gasteiger partial charge >= 0.3 is 0 Å². The molecule has 1 rings (SSSR count). The second-order valence-corrected chi connectivity index (χ2v) is 7.32. The molecule has 1 unspecified atom stereocenters. The molecule has 0 aromatic carbocycles. The third-order valence-electron chi connectivity index (χ3n) is 3.17. The highest BCUT2D eigenvalue weighted by molar-refractivity contribution is 5.43. The van der Waals surface area contributed by atoms with Crippen LogP contribution in [-0.4, -0.2) is 23.3 Å². The van der Waals surface area contributed by atoms with E-state index in [9.17, 15) is 0 Å². The molecule has 0 saturated carbocycles. The lowest BCUT2D eigenvalue weighted by Crippen LogP contribution is -2.30. The number of nitrogens with two attached hydrogens (primary N) is 1. The van der Waals surface area contributed by atoms with Crippen molar-refractivity contribution in [1.82, 2.24) is 9.55 Å². The molecular weight excluding hydrogens is 238 g/mol. The zero-order valence-electron chi connectivity index (χ0n) is 13.7. The second kappa shape index (κ2) is 5.16. The summed E-state index contributed by atoms with van der Waals surface area (Å²) in [6.07, 6.45) is 0. The summed E-state index contributed by atoms with van der Waals surface area (Å²) >= 11 is 0. The summed E-state index contributed by atoms with van der Waals surface area (Å²) in [7, 11) is 1.71. The third-order valence-corrected chi connectivity index (χ3v) is 3.17. The van der Waals surface area contributed by atoms with Crippen molar-refractivity contribution in [3.05, 3.63) is 11.5 Å². The van der Waals surface area contributed by atoms with Gasteiger partial charge in [0.15, 0.2) is 0 Å². The van der Waals surface area contributed by atoms with Crippen LogP contribution in [0.4, 0.5) is 5.82 Å². The first-order valence-electron chi connectivity index (χ1n) is 6.88. The molecular formula is C15H29N3O. The van der Waals surface area contributed by atoms with Gasteiger partial charge in [-0.3, -0.25) is 0 Å². The SMILES string of the molecule is COCC(C)c1nc(C(C)(C)C)n(C(C)(C)C)c1N. The summed E-state index contributed by atoms with van der Waals surface area (Å²) in [5.74, 6) is 2.01. The number of hydrogen-bond acceptors (Lipinski definition) is 3. The molecule has 0 radical (unpaired) electrons. The van der Waals surface area contributed by atoms with E-state index in [4.69, 9.17) is 15.5 Å². The minimum atomic E-state index is -0.0786. The standard InChI is InChI=1S/C15H29N3O/c1-10(9-19-8)11-12(16)18(15(5,6)7)13(17-11)14(2,3)4/h10H,9,16H2,1-8H3. The first-order valence-corrected chi connectivity index (χ1v) is 6.88. The van der Waals surface area contributed by atoms with Crippen molar-refractivity contribution in [3.63, 3.8) is 0 Å². The van der Waals surface area contributed by atoms with Crippen molar-refractivity contribution in [1.29, 1.82) is 0 Å². The quantitative estimate of drug-likeness (QED) is 0.914. The van der Waals surface area contributed by atoms with Gasteiger partial charge in [-0.15, -0.1) is 0 Å². The lowest BCUT2D eigenvalue weighted by atomic mass is 9.94. The van der Waals surface area contributed by atoms with Crippen molar-refractivity contribution in [2.45, 2.75) is 65.3 Å². The van der Waals surface area contributed by atoms with Crippen molar-refractivity contribution in [3.8, 4) is 0 Å². The van der Waals surface area contributed by atoms with Gasteiger partial charge in [0.25, 0.3) is 0 Å². The number of nitrogen functional groups attached to an aromatic ring is 1. The van der Waals surface area contributed by atoms with E-state index in [-0.39, 0.29) is 16.9 Å². The van der Waals surface area contributed by atoms with E-state index >= 15 is 0 Å². The Hall–Kier alpha value is -1.03. The number of nitrogens with zero attached hydrogens (tertiary/aromatic N) is 2. The molecule has 4 nitrogen and oxygen atoms in total. The lowest BCUT2D eigenvalue weighted by molar-refractivity contribution is 0.183. The molecule has 0 aliphatic carbocycles. The molecule has 0 aliphatic heterocycles. The summed E-state index contributed by atoms with van der Waals surface area (Å²) in [6, 6.07) is 0. The van der Waals surface area contributed by atoms with Crippen molar-refractivity contribution >= 4 is 5.82 Å². The molecule has 0 bridgehead atoms. The van der Waals surface area contributed by atoms with Crippen LogP contribution in [-0.2, 0) is 15.7 Å². The van der Waals surface area contributed by atoms with Gasteiger partial charge in [-0.05, 0) is 20.8 Å². The van der Waals surface area contributed by atoms with Crippen LogP contribution >= 0.6 is 0 Å². The Balaban J connectivity index is 3.44. The third kappa shape index (κ3) is 3.30. The Morgan fingerprint density at radius 1 is 1.21 bits per heavy atom. The van der Waals surface area contributed by atoms with Gasteiger partial charge < -0.3 is 15.0 Å². The van der Waals surface area contributed by atoms with Crippen LogP contribution in [0.2, 0.25) is 0 Å². The highest BCUT2D eigenvalue weighted by Crippen LogP contribution is 2.34. The first kappa shape index (κ1) is 16.0. The highest BCUT2D eigenvalue weighted by atomic mass is 16.5. The molecule has 0 amide bonds. The summed E-state index contributed by atoms with van der Waals surface area (Å²) in [5.41, 5.74) is 7.20. The van der Waals surface area contributed by atoms with Crippen molar-refractivity contribution < 1.29 is 4.74 Å². The minimum absolute atomic E-state index is 0.0353. The van der Waals surface area contributed by atoms with E-state index in [0.717, 1.165) is 17.3 Å². The fraction of sp³-hybridized carbons (Fsp3) is 0.800. The highest BCUT2D eigenvalue weighted by Gasteiger charge is 2.31. The average Bonchev–Trinajstić information content (AvgIpc) is 2.55. The molecule has 19 heavy (non-hydrogen) atoms. The van der Waals surface area contributed by atoms with E-state index in [1.54, 1.807) is 7.11 Å². The first-order chi connectivity index (χ1) is 8.50.